The summed E-state index contributed by atoms with van der Waals surface area (Å²) in [6.07, 6.45) is 1.40. The summed E-state index contributed by atoms with van der Waals surface area (Å²) in [4.78, 5) is 11.1. The third-order valence-corrected chi connectivity index (χ3v) is 2.36. The molecule has 1 heterocycles. The molecule has 3 heteroatoms. The highest BCUT2D eigenvalue weighted by Gasteiger charge is 1.99. The zero-order valence-corrected chi connectivity index (χ0v) is 8.82. The molecule has 0 saturated carbocycles. The van der Waals surface area contributed by atoms with Crippen LogP contribution in [0.3, 0.4) is 0 Å². The first-order valence-corrected chi connectivity index (χ1v) is 4.90. The molecule has 2 aromatic rings. The van der Waals surface area contributed by atoms with Crippen molar-refractivity contribution in [2.45, 2.75) is 0 Å². The summed E-state index contributed by atoms with van der Waals surface area (Å²) in [5, 5.41) is 0. The summed E-state index contributed by atoms with van der Waals surface area (Å²) >= 11 is 3.34. The zero-order chi connectivity index (χ0) is 9.97. The van der Waals surface area contributed by atoms with Gasteiger partial charge in [0, 0.05) is 22.2 Å². The quantitative estimate of drug-likeness (QED) is 0.779. The fraction of sp³-hybridized carbons (Fsp3) is 0. The van der Waals surface area contributed by atoms with E-state index in [0.717, 1.165) is 10.0 Å². The van der Waals surface area contributed by atoms with Crippen LogP contribution in [0.2, 0.25) is 0 Å². The highest BCUT2D eigenvalue weighted by molar-refractivity contribution is 9.10. The molecule has 0 aliphatic rings. The SMILES string of the molecule is O=c1ccoc(-c2ccc(Br)cc2)c1. The van der Waals surface area contributed by atoms with Crippen LogP contribution in [0.15, 0.2) is 56.3 Å². The van der Waals surface area contributed by atoms with Gasteiger partial charge in [-0.05, 0) is 12.1 Å². The maximum atomic E-state index is 11.1. The molecule has 0 N–H and O–H groups in total. The molecule has 0 unspecified atom stereocenters. The van der Waals surface area contributed by atoms with Crippen LogP contribution in [-0.2, 0) is 0 Å². The van der Waals surface area contributed by atoms with Crippen molar-refractivity contribution in [1.29, 1.82) is 0 Å². The lowest BCUT2D eigenvalue weighted by molar-refractivity contribution is 0.564. The summed E-state index contributed by atoms with van der Waals surface area (Å²) in [5.74, 6) is 0.588. The van der Waals surface area contributed by atoms with E-state index in [1.54, 1.807) is 0 Å². The fourth-order valence-electron chi connectivity index (χ4n) is 1.15. The summed E-state index contributed by atoms with van der Waals surface area (Å²) < 4.78 is 6.22. The van der Waals surface area contributed by atoms with Crippen molar-refractivity contribution < 1.29 is 4.42 Å². The van der Waals surface area contributed by atoms with Gasteiger partial charge in [0.2, 0.25) is 0 Å². The predicted molar refractivity (Wildman–Crippen MR) is 58.1 cm³/mol. The van der Waals surface area contributed by atoms with Crippen LogP contribution in [0.25, 0.3) is 11.3 Å². The first-order chi connectivity index (χ1) is 6.75. The molecule has 0 aliphatic heterocycles. The molecule has 2 rings (SSSR count). The molecule has 2 nitrogen and oxygen atoms in total. The lowest BCUT2D eigenvalue weighted by Crippen LogP contribution is -1.94. The molecule has 14 heavy (non-hydrogen) atoms. The van der Waals surface area contributed by atoms with E-state index in [0.29, 0.717) is 5.76 Å². The van der Waals surface area contributed by atoms with Gasteiger partial charge in [0.1, 0.15) is 5.76 Å². The number of rotatable bonds is 1. The van der Waals surface area contributed by atoms with Crippen molar-refractivity contribution in [2.24, 2.45) is 0 Å². The second-order valence-electron chi connectivity index (χ2n) is 2.84. The highest BCUT2D eigenvalue weighted by Crippen LogP contribution is 2.19. The Bertz CT molecular complexity index is 485. The first kappa shape index (κ1) is 9.21. The highest BCUT2D eigenvalue weighted by atomic mass is 79.9. The van der Waals surface area contributed by atoms with Crippen LogP contribution in [0, 0.1) is 0 Å². The number of hydrogen-bond donors (Lipinski definition) is 0. The molecule has 0 spiro atoms. The molecule has 1 aromatic carbocycles. The fourth-order valence-corrected chi connectivity index (χ4v) is 1.42. The van der Waals surface area contributed by atoms with E-state index in [4.69, 9.17) is 4.42 Å². The van der Waals surface area contributed by atoms with Gasteiger partial charge < -0.3 is 4.42 Å². The van der Waals surface area contributed by atoms with E-state index in [2.05, 4.69) is 15.9 Å². The molecule has 0 radical (unpaired) electrons. The van der Waals surface area contributed by atoms with Crippen molar-refractivity contribution in [3.63, 3.8) is 0 Å². The van der Waals surface area contributed by atoms with Gasteiger partial charge in [-0.1, -0.05) is 28.1 Å². The smallest absolute Gasteiger partial charge is 0.185 e. The Morgan fingerprint density at radius 3 is 2.43 bits per heavy atom. The van der Waals surface area contributed by atoms with Gasteiger partial charge in [-0.25, -0.2) is 0 Å². The zero-order valence-electron chi connectivity index (χ0n) is 7.24. The van der Waals surface area contributed by atoms with Crippen molar-refractivity contribution in [3.05, 3.63) is 57.4 Å². The second-order valence-corrected chi connectivity index (χ2v) is 3.75. The molecule has 1 aromatic heterocycles. The Labute approximate surface area is 89.3 Å². The average molecular weight is 251 g/mol. The lowest BCUT2D eigenvalue weighted by Gasteiger charge is -1.98. The van der Waals surface area contributed by atoms with Crippen molar-refractivity contribution in [2.75, 3.05) is 0 Å². The van der Waals surface area contributed by atoms with Crippen molar-refractivity contribution in [3.8, 4) is 11.3 Å². The van der Waals surface area contributed by atoms with Crippen LogP contribution in [-0.4, -0.2) is 0 Å². The minimum atomic E-state index is -0.0471. The van der Waals surface area contributed by atoms with Gasteiger partial charge in [0.05, 0.1) is 6.26 Å². The first-order valence-electron chi connectivity index (χ1n) is 4.10. The Morgan fingerprint density at radius 2 is 1.79 bits per heavy atom. The molecule has 0 atom stereocenters. The van der Waals surface area contributed by atoms with Crippen molar-refractivity contribution in [1.82, 2.24) is 0 Å². The Balaban J connectivity index is 2.50. The van der Waals surface area contributed by atoms with E-state index in [1.165, 1.54) is 18.4 Å². The number of benzene rings is 1. The van der Waals surface area contributed by atoms with Crippen LogP contribution in [0.4, 0.5) is 0 Å². The van der Waals surface area contributed by atoms with E-state index in [9.17, 15) is 4.79 Å². The Kier molecular flexibility index (Phi) is 2.50. The minimum absolute atomic E-state index is 0.0471. The molecule has 0 fully saturated rings. The van der Waals surface area contributed by atoms with Crippen LogP contribution in [0.5, 0.6) is 0 Å². The van der Waals surface area contributed by atoms with Gasteiger partial charge in [-0.3, -0.25) is 4.79 Å². The molecule has 0 saturated heterocycles. The third-order valence-electron chi connectivity index (χ3n) is 1.83. The maximum absolute atomic E-state index is 11.1. The predicted octanol–water partition coefficient (Wildman–Crippen LogP) is 3.07. The van der Waals surface area contributed by atoms with E-state index < -0.39 is 0 Å². The normalized spacial score (nSPS) is 10.1. The average Bonchev–Trinajstić information content (AvgIpc) is 2.19. The van der Waals surface area contributed by atoms with Crippen LogP contribution < -0.4 is 5.43 Å². The monoisotopic (exact) mass is 250 g/mol. The van der Waals surface area contributed by atoms with Crippen LogP contribution in [0.1, 0.15) is 0 Å². The molecular formula is C11H7BrO2. The standard InChI is InChI=1S/C11H7BrO2/c12-9-3-1-8(2-4-9)11-7-10(13)5-6-14-11/h1-7H. The molecule has 0 aliphatic carbocycles. The second kappa shape index (κ2) is 3.80. The van der Waals surface area contributed by atoms with Gasteiger partial charge in [0.15, 0.2) is 5.43 Å². The van der Waals surface area contributed by atoms with E-state index in [-0.39, 0.29) is 5.43 Å². The number of hydrogen-bond acceptors (Lipinski definition) is 2. The largest absolute Gasteiger partial charge is 0.464 e. The molecule has 0 amide bonds. The maximum Gasteiger partial charge on any atom is 0.185 e. The van der Waals surface area contributed by atoms with Crippen molar-refractivity contribution >= 4 is 15.9 Å². The Hall–Kier alpha value is -1.35. The van der Waals surface area contributed by atoms with Gasteiger partial charge in [0.25, 0.3) is 0 Å². The van der Waals surface area contributed by atoms with Crippen LogP contribution >= 0.6 is 15.9 Å². The minimum Gasteiger partial charge on any atom is -0.464 e. The topological polar surface area (TPSA) is 30.2 Å². The van der Waals surface area contributed by atoms with Gasteiger partial charge in [-0.15, -0.1) is 0 Å². The molecule has 70 valence electrons. The molecule has 0 bridgehead atoms. The Morgan fingerprint density at radius 1 is 1.07 bits per heavy atom. The lowest BCUT2D eigenvalue weighted by atomic mass is 10.2. The van der Waals surface area contributed by atoms with E-state index in [1.807, 2.05) is 24.3 Å². The summed E-state index contributed by atoms with van der Waals surface area (Å²) in [6.45, 7) is 0. The third kappa shape index (κ3) is 1.93. The summed E-state index contributed by atoms with van der Waals surface area (Å²) in [7, 11) is 0. The van der Waals surface area contributed by atoms with Gasteiger partial charge in [-0.2, -0.15) is 0 Å². The molecular weight excluding hydrogens is 244 g/mol. The summed E-state index contributed by atoms with van der Waals surface area (Å²) in [5.41, 5.74) is 0.847. The van der Waals surface area contributed by atoms with E-state index >= 15 is 0 Å². The number of halogens is 1. The van der Waals surface area contributed by atoms with Gasteiger partial charge >= 0.3 is 0 Å². The summed E-state index contributed by atoms with van der Waals surface area (Å²) in [6, 6.07) is 10.5.